The molecule has 4 N–H and O–H groups in total. The highest BCUT2D eigenvalue weighted by Gasteiger charge is 2.58. The van der Waals surface area contributed by atoms with E-state index in [0.29, 0.717) is 4.57 Å². The second-order valence-electron chi connectivity index (χ2n) is 3.96. The molecule has 0 aliphatic carbocycles. The fourth-order valence-corrected chi connectivity index (χ4v) is 1.88. The van der Waals surface area contributed by atoms with Crippen molar-refractivity contribution in [2.24, 2.45) is 0 Å². The van der Waals surface area contributed by atoms with Crippen LogP contribution < -0.4 is 11.2 Å². The second-order valence-corrected chi connectivity index (χ2v) is 3.96. The van der Waals surface area contributed by atoms with Crippen LogP contribution in [0.3, 0.4) is 0 Å². The highest BCUT2D eigenvalue weighted by molar-refractivity contribution is 4.97. The van der Waals surface area contributed by atoms with Crippen molar-refractivity contribution < 1.29 is 29.5 Å². The first kappa shape index (κ1) is 13.8. The Labute approximate surface area is 104 Å². The predicted molar refractivity (Wildman–Crippen MR) is 55.5 cm³/mol. The molecule has 2 rings (SSSR count). The van der Waals surface area contributed by atoms with Gasteiger partial charge < -0.3 is 20.1 Å². The number of halogens is 1. The standard InChI is InChI=1S/C9H11FN2O7/c10-19-9(7(16)6(15)4(3-13)18-9)12-2-1-5(14)11-8(12)17/h1-2,4,6-7,13,15-16H,3H2,(H,11,14,17)/t4-,6-,7-,9+/m1/s1. The van der Waals surface area contributed by atoms with Gasteiger partial charge in [0, 0.05) is 12.3 Å². The van der Waals surface area contributed by atoms with Gasteiger partial charge in [-0.25, -0.2) is 9.36 Å². The van der Waals surface area contributed by atoms with Gasteiger partial charge in [-0.3, -0.25) is 9.78 Å². The highest BCUT2D eigenvalue weighted by Crippen LogP contribution is 2.35. The lowest BCUT2D eigenvalue weighted by molar-refractivity contribution is -0.406. The summed E-state index contributed by atoms with van der Waals surface area (Å²) in [5.41, 5.74) is -1.86. The Balaban J connectivity index is 2.55. The van der Waals surface area contributed by atoms with Crippen LogP contribution in [-0.4, -0.2) is 49.8 Å². The molecule has 0 saturated carbocycles. The van der Waals surface area contributed by atoms with E-state index < -0.39 is 42.1 Å². The van der Waals surface area contributed by atoms with E-state index >= 15 is 0 Å². The largest absolute Gasteiger partial charge is 0.394 e. The van der Waals surface area contributed by atoms with Gasteiger partial charge in [-0.05, 0) is 4.53 Å². The molecule has 1 aliphatic heterocycles. The number of aliphatic hydroxyl groups excluding tert-OH is 3. The van der Waals surface area contributed by atoms with Crippen LogP contribution in [0.2, 0.25) is 0 Å². The van der Waals surface area contributed by atoms with Crippen molar-refractivity contribution in [2.75, 3.05) is 6.61 Å². The van der Waals surface area contributed by atoms with Crippen molar-refractivity contribution in [1.29, 1.82) is 0 Å². The lowest BCUT2D eigenvalue weighted by atomic mass is 10.1. The van der Waals surface area contributed by atoms with Crippen LogP contribution in [0.15, 0.2) is 21.9 Å². The van der Waals surface area contributed by atoms with Crippen molar-refractivity contribution in [3.63, 3.8) is 0 Å². The fourth-order valence-electron chi connectivity index (χ4n) is 1.88. The Morgan fingerprint density at radius 1 is 1.53 bits per heavy atom. The predicted octanol–water partition coefficient (Wildman–Crippen LogP) is -2.84. The summed E-state index contributed by atoms with van der Waals surface area (Å²) < 4.78 is 18.1. The molecule has 0 spiro atoms. The van der Waals surface area contributed by atoms with Crippen LogP contribution in [0.1, 0.15) is 0 Å². The summed E-state index contributed by atoms with van der Waals surface area (Å²) in [6.07, 6.45) is -4.20. The molecule has 0 radical (unpaired) electrons. The van der Waals surface area contributed by atoms with Crippen molar-refractivity contribution >= 4 is 0 Å². The van der Waals surface area contributed by atoms with Crippen molar-refractivity contribution in [3.05, 3.63) is 33.1 Å². The molecule has 0 amide bonds. The minimum atomic E-state index is -2.67. The van der Waals surface area contributed by atoms with E-state index in [1.54, 1.807) is 0 Å². The SMILES string of the molecule is O=c1ccn([C@]2(OF)O[C@H](CO)[C@@H](O)[C@H]2O)c(=O)[nH]1. The van der Waals surface area contributed by atoms with Crippen LogP contribution >= 0.6 is 0 Å². The van der Waals surface area contributed by atoms with Gasteiger partial charge in [0.15, 0.2) is 6.10 Å². The van der Waals surface area contributed by atoms with Crippen LogP contribution in [0.25, 0.3) is 0 Å². The van der Waals surface area contributed by atoms with Gasteiger partial charge in [0.2, 0.25) is 0 Å². The minimum Gasteiger partial charge on any atom is -0.394 e. The van der Waals surface area contributed by atoms with E-state index in [9.17, 15) is 24.3 Å². The number of aromatic nitrogens is 2. The third kappa shape index (κ3) is 1.99. The van der Waals surface area contributed by atoms with E-state index in [1.165, 1.54) is 0 Å². The van der Waals surface area contributed by atoms with Crippen LogP contribution in [0, 0.1) is 0 Å². The quantitative estimate of drug-likeness (QED) is 0.468. The summed E-state index contributed by atoms with van der Waals surface area (Å²) >= 11 is 0. The first-order valence-corrected chi connectivity index (χ1v) is 5.23. The third-order valence-electron chi connectivity index (χ3n) is 2.85. The smallest absolute Gasteiger partial charge is 0.332 e. The summed E-state index contributed by atoms with van der Waals surface area (Å²) in [4.78, 5) is 27.8. The molecule has 19 heavy (non-hydrogen) atoms. The van der Waals surface area contributed by atoms with Gasteiger partial charge in [0.25, 0.3) is 5.56 Å². The number of H-pyrrole nitrogens is 1. The Bertz CT molecular complexity index is 572. The van der Waals surface area contributed by atoms with E-state index in [0.717, 1.165) is 12.3 Å². The van der Waals surface area contributed by atoms with Gasteiger partial charge in [-0.2, -0.15) is 0 Å². The first-order valence-electron chi connectivity index (χ1n) is 5.23. The van der Waals surface area contributed by atoms with Crippen LogP contribution in [-0.2, 0) is 15.6 Å². The lowest BCUT2D eigenvalue weighted by Gasteiger charge is -2.28. The van der Waals surface area contributed by atoms with E-state index in [2.05, 4.69) is 4.94 Å². The Hall–Kier alpha value is -1.59. The number of rotatable bonds is 3. The van der Waals surface area contributed by atoms with Gasteiger partial charge in [-0.15, -0.1) is 4.94 Å². The second kappa shape index (κ2) is 4.83. The normalized spacial score (nSPS) is 34.6. The molecule has 2 heterocycles. The first-order chi connectivity index (χ1) is 8.96. The maximum atomic E-state index is 12.8. The van der Waals surface area contributed by atoms with Crippen molar-refractivity contribution in [3.8, 4) is 0 Å². The molecule has 4 atom stereocenters. The molecule has 1 aromatic heterocycles. The van der Waals surface area contributed by atoms with E-state index in [4.69, 9.17) is 9.84 Å². The molecule has 1 fully saturated rings. The summed E-state index contributed by atoms with van der Waals surface area (Å²) in [5, 5.41) is 28.2. The summed E-state index contributed by atoms with van der Waals surface area (Å²) in [6.45, 7) is -0.735. The molecule has 1 saturated heterocycles. The topological polar surface area (TPSA) is 134 Å². The monoisotopic (exact) mass is 278 g/mol. The Kier molecular flexibility index (Phi) is 3.52. The van der Waals surface area contributed by atoms with Gasteiger partial charge >= 0.3 is 11.6 Å². The van der Waals surface area contributed by atoms with Crippen LogP contribution in [0.5, 0.6) is 0 Å². The van der Waals surface area contributed by atoms with E-state index in [-0.39, 0.29) is 0 Å². The molecule has 1 aromatic rings. The zero-order valence-electron chi connectivity index (χ0n) is 9.39. The number of hydrogen-bond donors (Lipinski definition) is 4. The zero-order valence-corrected chi connectivity index (χ0v) is 9.39. The molecule has 9 nitrogen and oxygen atoms in total. The molecule has 106 valence electrons. The maximum Gasteiger partial charge on any atom is 0.332 e. The molecule has 0 aromatic carbocycles. The minimum absolute atomic E-state index is 0.429. The number of ether oxygens (including phenoxy) is 1. The molecule has 10 heteroatoms. The lowest BCUT2D eigenvalue weighted by Crippen LogP contribution is -2.52. The number of aromatic amines is 1. The van der Waals surface area contributed by atoms with Crippen LogP contribution in [0.4, 0.5) is 4.53 Å². The van der Waals surface area contributed by atoms with Gasteiger partial charge in [0.1, 0.15) is 12.2 Å². The van der Waals surface area contributed by atoms with Gasteiger partial charge in [0.05, 0.1) is 6.61 Å². The molecule has 0 bridgehead atoms. The third-order valence-corrected chi connectivity index (χ3v) is 2.85. The van der Waals surface area contributed by atoms with E-state index in [1.807, 2.05) is 4.98 Å². The highest BCUT2D eigenvalue weighted by atomic mass is 19.3. The average Bonchev–Trinajstić information content (AvgIpc) is 2.64. The van der Waals surface area contributed by atoms with Gasteiger partial charge in [-0.1, -0.05) is 0 Å². The number of nitrogens with zero attached hydrogens (tertiary/aromatic N) is 1. The summed E-state index contributed by atoms with van der Waals surface area (Å²) in [7, 11) is 0. The number of aliphatic hydroxyl groups is 3. The van der Waals surface area contributed by atoms with Crippen molar-refractivity contribution in [2.45, 2.75) is 24.2 Å². The number of nitrogens with one attached hydrogen (secondary N) is 1. The average molecular weight is 278 g/mol. The summed E-state index contributed by atoms with van der Waals surface area (Å²) in [5.74, 6) is -2.67. The maximum absolute atomic E-state index is 12.8. The zero-order chi connectivity index (χ0) is 14.2. The van der Waals surface area contributed by atoms with Crippen molar-refractivity contribution in [1.82, 2.24) is 9.55 Å². The fraction of sp³-hybridized carbons (Fsp3) is 0.556. The molecule has 0 unspecified atom stereocenters. The molecular weight excluding hydrogens is 267 g/mol. The molecule has 1 aliphatic rings. The Morgan fingerprint density at radius 3 is 2.68 bits per heavy atom. The summed E-state index contributed by atoms with van der Waals surface area (Å²) in [6, 6.07) is 0.872. The number of hydrogen-bond acceptors (Lipinski definition) is 7. The Morgan fingerprint density at radius 2 is 2.21 bits per heavy atom. The molecular formula is C9H11FN2O7.